The Morgan fingerprint density at radius 3 is 2.40 bits per heavy atom. The van der Waals surface area contributed by atoms with Crippen molar-refractivity contribution in [1.82, 2.24) is 4.98 Å². The van der Waals surface area contributed by atoms with Gasteiger partial charge in [0.1, 0.15) is 23.3 Å². The van der Waals surface area contributed by atoms with E-state index in [1.54, 1.807) is 30.5 Å². The molecule has 156 valence electrons. The molecule has 0 fully saturated rings. The topological polar surface area (TPSA) is 126 Å². The van der Waals surface area contributed by atoms with Gasteiger partial charge in [0.2, 0.25) is 5.56 Å². The Kier molecular flexibility index (Phi) is 6.23. The highest BCUT2D eigenvalue weighted by atomic mass is 16.5. The van der Waals surface area contributed by atoms with Gasteiger partial charge in [0.15, 0.2) is 0 Å². The highest BCUT2D eigenvalue weighted by Gasteiger charge is 2.15. The van der Waals surface area contributed by atoms with Gasteiger partial charge in [-0.25, -0.2) is 0 Å². The van der Waals surface area contributed by atoms with E-state index in [2.05, 4.69) is 4.98 Å². The van der Waals surface area contributed by atoms with E-state index in [4.69, 9.17) is 15.6 Å². The maximum Gasteiger partial charge on any atom is 0.320 e. The molecule has 0 bridgehead atoms. The average Bonchev–Trinajstić information content (AvgIpc) is 2.68. The summed E-state index contributed by atoms with van der Waals surface area (Å²) in [5, 5.41) is 19.2. The van der Waals surface area contributed by atoms with E-state index in [9.17, 15) is 14.7 Å². The molecule has 0 spiro atoms. The first-order valence-electron chi connectivity index (χ1n) is 9.49. The number of phenolic OH excluding ortho intramolecular Hbond substituents is 1. The number of nitrogens with two attached hydrogens (primary N) is 1. The number of H-pyrrole nitrogens is 1. The van der Waals surface area contributed by atoms with Crippen molar-refractivity contribution in [1.29, 1.82) is 0 Å². The Bertz CT molecular complexity index is 1090. The van der Waals surface area contributed by atoms with Crippen LogP contribution in [0, 0.1) is 13.8 Å². The highest BCUT2D eigenvalue weighted by Crippen LogP contribution is 2.33. The van der Waals surface area contributed by atoms with Gasteiger partial charge >= 0.3 is 5.97 Å². The lowest BCUT2D eigenvalue weighted by Crippen LogP contribution is -2.32. The van der Waals surface area contributed by atoms with E-state index in [1.807, 2.05) is 26.0 Å². The first kappa shape index (κ1) is 21.1. The van der Waals surface area contributed by atoms with E-state index < -0.39 is 12.0 Å². The van der Waals surface area contributed by atoms with Gasteiger partial charge in [0.05, 0.1) is 0 Å². The smallest absolute Gasteiger partial charge is 0.320 e. The van der Waals surface area contributed by atoms with Crippen LogP contribution in [-0.4, -0.2) is 27.2 Å². The molecule has 0 aliphatic heterocycles. The summed E-state index contributed by atoms with van der Waals surface area (Å²) in [5.41, 5.74) is 9.53. The molecule has 2 aromatic carbocycles. The highest BCUT2D eigenvalue weighted by molar-refractivity contribution is 5.73. The molecule has 1 unspecified atom stereocenters. The molecule has 0 saturated carbocycles. The predicted molar refractivity (Wildman–Crippen MR) is 113 cm³/mol. The second-order valence-corrected chi connectivity index (χ2v) is 7.34. The molecular weight excluding hydrogens is 384 g/mol. The van der Waals surface area contributed by atoms with Gasteiger partial charge in [-0.2, -0.15) is 0 Å². The number of rotatable bonds is 7. The standard InChI is InChI=1S/C23H24N2O5/c1-13-7-16(10-19(24)23(28)29)8-14(2)22(13)30-18-4-5-20(26)17(11-18)9-15-3-6-21(27)25-12-15/h3-8,11-12,19,26H,9-10,24H2,1-2H3,(H,25,27)(H,28,29). The van der Waals surface area contributed by atoms with Gasteiger partial charge < -0.3 is 25.7 Å². The van der Waals surface area contributed by atoms with Crippen molar-refractivity contribution < 1.29 is 19.7 Å². The van der Waals surface area contributed by atoms with Crippen molar-refractivity contribution in [2.24, 2.45) is 5.73 Å². The number of carbonyl (C=O) groups is 1. The fourth-order valence-corrected chi connectivity index (χ4v) is 3.32. The third-order valence-electron chi connectivity index (χ3n) is 4.81. The van der Waals surface area contributed by atoms with Gasteiger partial charge in [0, 0.05) is 24.2 Å². The minimum atomic E-state index is -1.04. The first-order chi connectivity index (χ1) is 14.2. The predicted octanol–water partition coefficient (Wildman–Crippen LogP) is 3.03. The zero-order valence-electron chi connectivity index (χ0n) is 16.8. The Hall–Kier alpha value is -3.58. The van der Waals surface area contributed by atoms with Gasteiger partial charge in [0.25, 0.3) is 0 Å². The van der Waals surface area contributed by atoms with E-state index in [0.29, 0.717) is 23.5 Å². The summed E-state index contributed by atoms with van der Waals surface area (Å²) in [4.78, 5) is 24.8. The second-order valence-electron chi connectivity index (χ2n) is 7.34. The Morgan fingerprint density at radius 2 is 1.80 bits per heavy atom. The molecule has 0 aliphatic carbocycles. The molecule has 1 heterocycles. The first-order valence-corrected chi connectivity index (χ1v) is 9.49. The lowest BCUT2D eigenvalue weighted by atomic mass is 10.0. The molecule has 0 radical (unpaired) electrons. The zero-order chi connectivity index (χ0) is 21.8. The van der Waals surface area contributed by atoms with Crippen LogP contribution in [0.3, 0.4) is 0 Å². The van der Waals surface area contributed by atoms with Crippen molar-refractivity contribution in [2.75, 3.05) is 0 Å². The minimum Gasteiger partial charge on any atom is -0.508 e. The summed E-state index contributed by atoms with van der Waals surface area (Å²) in [6.07, 6.45) is 2.29. The molecule has 0 saturated heterocycles. The van der Waals surface area contributed by atoms with Crippen molar-refractivity contribution in [2.45, 2.75) is 32.7 Å². The number of hydrogen-bond acceptors (Lipinski definition) is 5. The van der Waals surface area contributed by atoms with Crippen molar-refractivity contribution in [3.05, 3.63) is 86.8 Å². The number of phenols is 1. The normalized spacial score (nSPS) is 11.8. The molecule has 3 aromatic rings. The summed E-state index contributed by atoms with van der Waals surface area (Å²) in [7, 11) is 0. The van der Waals surface area contributed by atoms with Crippen LogP contribution in [0.1, 0.15) is 27.8 Å². The summed E-state index contributed by atoms with van der Waals surface area (Å²) >= 11 is 0. The number of hydrogen-bond donors (Lipinski definition) is 4. The maximum atomic E-state index is 11.2. The number of carboxylic acids is 1. The van der Waals surface area contributed by atoms with Gasteiger partial charge in [-0.15, -0.1) is 0 Å². The number of pyridine rings is 1. The number of aliphatic carboxylic acids is 1. The SMILES string of the molecule is Cc1cc(CC(N)C(=O)O)cc(C)c1Oc1ccc(O)c(Cc2ccc(=O)[nH]c2)c1. The maximum absolute atomic E-state index is 11.2. The van der Waals surface area contributed by atoms with Crippen molar-refractivity contribution >= 4 is 5.97 Å². The number of nitrogens with one attached hydrogen (secondary N) is 1. The molecule has 7 heteroatoms. The van der Waals surface area contributed by atoms with Crippen molar-refractivity contribution in [3.63, 3.8) is 0 Å². The van der Waals surface area contributed by atoms with Gasteiger partial charge in [-0.05, 0) is 60.7 Å². The number of aromatic amines is 1. The van der Waals surface area contributed by atoms with E-state index in [1.165, 1.54) is 6.07 Å². The molecule has 7 nitrogen and oxygen atoms in total. The fraction of sp³-hybridized carbons (Fsp3) is 0.217. The van der Waals surface area contributed by atoms with E-state index in [0.717, 1.165) is 22.3 Å². The van der Waals surface area contributed by atoms with Crippen LogP contribution in [0.25, 0.3) is 0 Å². The van der Waals surface area contributed by atoms with Crippen LogP contribution in [-0.2, 0) is 17.6 Å². The van der Waals surface area contributed by atoms with Crippen LogP contribution in [0.5, 0.6) is 17.2 Å². The summed E-state index contributed by atoms with van der Waals surface area (Å²) in [6, 6.07) is 10.9. The molecule has 3 rings (SSSR count). The zero-order valence-corrected chi connectivity index (χ0v) is 16.8. The van der Waals surface area contributed by atoms with E-state index >= 15 is 0 Å². The number of benzene rings is 2. The molecule has 0 aliphatic rings. The van der Waals surface area contributed by atoms with Crippen molar-refractivity contribution in [3.8, 4) is 17.2 Å². The van der Waals surface area contributed by atoms with Crippen LogP contribution in [0.2, 0.25) is 0 Å². The lowest BCUT2D eigenvalue weighted by molar-refractivity contribution is -0.138. The summed E-state index contributed by atoms with van der Waals surface area (Å²) in [6.45, 7) is 3.78. The molecule has 0 amide bonds. The molecule has 30 heavy (non-hydrogen) atoms. The number of aromatic nitrogens is 1. The van der Waals surface area contributed by atoms with Gasteiger partial charge in [-0.1, -0.05) is 18.2 Å². The Labute approximate surface area is 173 Å². The second kappa shape index (κ2) is 8.84. The molecule has 1 atom stereocenters. The quantitative estimate of drug-likeness (QED) is 0.476. The fourth-order valence-electron chi connectivity index (χ4n) is 3.32. The monoisotopic (exact) mass is 408 g/mol. The van der Waals surface area contributed by atoms with Crippen LogP contribution in [0.15, 0.2) is 53.5 Å². The average molecular weight is 408 g/mol. The van der Waals surface area contributed by atoms with Crippen LogP contribution < -0.4 is 16.0 Å². The summed E-state index contributed by atoms with van der Waals surface area (Å²) < 4.78 is 6.08. The number of ether oxygens (including phenoxy) is 1. The van der Waals surface area contributed by atoms with E-state index in [-0.39, 0.29) is 17.7 Å². The number of carboxylic acid groups (broad SMARTS) is 1. The Morgan fingerprint density at radius 1 is 1.10 bits per heavy atom. The van der Waals surface area contributed by atoms with Gasteiger partial charge in [-0.3, -0.25) is 9.59 Å². The third kappa shape index (κ3) is 5.07. The molecular formula is C23H24N2O5. The largest absolute Gasteiger partial charge is 0.508 e. The molecule has 1 aromatic heterocycles. The lowest BCUT2D eigenvalue weighted by Gasteiger charge is -2.16. The Balaban J connectivity index is 1.83. The van der Waals surface area contributed by atoms with Crippen LogP contribution >= 0.6 is 0 Å². The third-order valence-corrected chi connectivity index (χ3v) is 4.81. The minimum absolute atomic E-state index is 0.139. The number of aryl methyl sites for hydroxylation is 2. The molecule has 5 N–H and O–H groups in total. The van der Waals surface area contributed by atoms with Crippen LogP contribution in [0.4, 0.5) is 0 Å². The summed E-state index contributed by atoms with van der Waals surface area (Å²) in [5.74, 6) is 0.335. The number of aromatic hydroxyl groups is 1.